The molecule has 1 unspecified atom stereocenters. The molecule has 33 heavy (non-hydrogen) atoms. The molecule has 0 fully saturated rings. The number of hydrogen-bond donors (Lipinski definition) is 4. The average molecular weight is 516 g/mol. The van der Waals surface area contributed by atoms with E-state index in [9.17, 15) is 17.7 Å². The van der Waals surface area contributed by atoms with Crippen molar-refractivity contribution in [2.75, 3.05) is 5.32 Å². The molecule has 2 aromatic rings. The van der Waals surface area contributed by atoms with Crippen molar-refractivity contribution in [3.8, 4) is 5.75 Å². The van der Waals surface area contributed by atoms with Gasteiger partial charge in [-0.05, 0) is 52.2 Å². The lowest BCUT2D eigenvalue weighted by molar-refractivity contribution is 0.369. The SMILES string of the molecule is Cc1cc([C@H](NC2=NS(=O)N=C2Nc2csc(S(=O)(=O)NC(C)(C)C)c2O)C(C)C)oc1C. The number of rotatable bonds is 6. The molecule has 2 atom stereocenters. The molecule has 2 aromatic heterocycles. The molecule has 0 bridgehead atoms. The number of nitrogens with one attached hydrogen (secondary N) is 3. The zero-order valence-electron chi connectivity index (χ0n) is 19.5. The van der Waals surface area contributed by atoms with E-state index in [0.29, 0.717) is 5.76 Å². The van der Waals surface area contributed by atoms with Gasteiger partial charge in [-0.1, -0.05) is 13.8 Å². The van der Waals surface area contributed by atoms with Crippen molar-refractivity contribution in [2.45, 2.75) is 64.3 Å². The molecule has 3 heterocycles. The summed E-state index contributed by atoms with van der Waals surface area (Å²) in [7, 11) is -3.93. The normalized spacial score (nSPS) is 17.8. The monoisotopic (exact) mass is 515 g/mol. The number of amidine groups is 2. The summed E-state index contributed by atoms with van der Waals surface area (Å²) in [6.07, 6.45) is 0. The Kier molecular flexibility index (Phi) is 7.08. The van der Waals surface area contributed by atoms with Crippen LogP contribution in [0.3, 0.4) is 0 Å². The van der Waals surface area contributed by atoms with Crippen LogP contribution in [-0.4, -0.2) is 34.9 Å². The number of thiophene rings is 1. The third-order valence-corrected chi connectivity index (χ3v) is 8.63. The standard InChI is InChI=1S/C20H29N5O5S3/c1-10(2)15(14-8-11(3)12(4)30-14)22-18-17(23-32(27)24-18)21-13-9-31-19(16(13)26)33(28,29)25-20(5,6)7/h8-10,15,25-26H,1-7H3,(H,21,23)(H,22,24)/t15-,32?/m1/s1. The van der Waals surface area contributed by atoms with Gasteiger partial charge in [-0.25, -0.2) is 17.3 Å². The van der Waals surface area contributed by atoms with Gasteiger partial charge in [0.2, 0.25) is 0 Å². The zero-order chi connectivity index (χ0) is 24.7. The van der Waals surface area contributed by atoms with Crippen LogP contribution in [0.1, 0.15) is 57.7 Å². The van der Waals surface area contributed by atoms with Crippen LogP contribution in [0.4, 0.5) is 5.69 Å². The average Bonchev–Trinajstić information content (AvgIpc) is 3.29. The molecule has 4 N–H and O–H groups in total. The van der Waals surface area contributed by atoms with E-state index in [1.54, 1.807) is 20.8 Å². The second-order valence-electron chi connectivity index (χ2n) is 9.13. The van der Waals surface area contributed by atoms with E-state index in [0.717, 1.165) is 22.7 Å². The molecule has 0 saturated carbocycles. The number of aryl methyl sites for hydroxylation is 2. The molecule has 10 nitrogen and oxygen atoms in total. The van der Waals surface area contributed by atoms with Crippen LogP contribution < -0.4 is 15.4 Å². The molecule has 0 radical (unpaired) electrons. The van der Waals surface area contributed by atoms with Gasteiger partial charge in [-0.3, -0.25) is 0 Å². The summed E-state index contributed by atoms with van der Waals surface area (Å²) < 4.78 is 53.5. The van der Waals surface area contributed by atoms with Crippen LogP contribution in [0, 0.1) is 19.8 Å². The Balaban J connectivity index is 1.84. The van der Waals surface area contributed by atoms with E-state index in [2.05, 4.69) is 24.2 Å². The zero-order valence-corrected chi connectivity index (χ0v) is 22.0. The summed E-state index contributed by atoms with van der Waals surface area (Å²) in [5.41, 5.74) is 0.419. The van der Waals surface area contributed by atoms with E-state index in [4.69, 9.17) is 4.42 Å². The predicted molar refractivity (Wildman–Crippen MR) is 132 cm³/mol. The number of furan rings is 1. The van der Waals surface area contributed by atoms with Crippen molar-refractivity contribution in [2.24, 2.45) is 14.7 Å². The van der Waals surface area contributed by atoms with Crippen LogP contribution in [0.15, 0.2) is 28.9 Å². The van der Waals surface area contributed by atoms with E-state index in [-0.39, 0.29) is 33.5 Å². The molecule has 0 aliphatic carbocycles. The lowest BCUT2D eigenvalue weighted by Crippen LogP contribution is -2.40. The smallest absolute Gasteiger partial charge is 0.269 e. The van der Waals surface area contributed by atoms with Gasteiger partial charge in [0.1, 0.15) is 11.5 Å². The fourth-order valence-corrected chi connectivity index (χ4v) is 6.38. The predicted octanol–water partition coefficient (Wildman–Crippen LogP) is 3.53. The molecule has 0 amide bonds. The van der Waals surface area contributed by atoms with E-state index < -0.39 is 32.5 Å². The van der Waals surface area contributed by atoms with E-state index >= 15 is 0 Å². The molecule has 0 aromatic carbocycles. The molecule has 0 spiro atoms. The highest BCUT2D eigenvalue weighted by Gasteiger charge is 2.31. The van der Waals surface area contributed by atoms with Crippen molar-refractivity contribution < 1.29 is 22.2 Å². The summed E-state index contributed by atoms with van der Waals surface area (Å²) in [4.78, 5) is 0. The third-order valence-electron chi connectivity index (χ3n) is 4.68. The van der Waals surface area contributed by atoms with Crippen LogP contribution in [0.5, 0.6) is 5.75 Å². The lowest BCUT2D eigenvalue weighted by atomic mass is 10.0. The molecule has 13 heteroatoms. The maximum Gasteiger partial charge on any atom is 0.269 e. The van der Waals surface area contributed by atoms with Crippen LogP contribution in [0.2, 0.25) is 0 Å². The molecule has 0 saturated heterocycles. The fraction of sp³-hybridized carbons (Fsp3) is 0.500. The molecular weight excluding hydrogens is 486 g/mol. The molecule has 1 aliphatic heterocycles. The van der Waals surface area contributed by atoms with Gasteiger partial charge in [-0.2, -0.15) is 0 Å². The molecular formula is C20H29N5O5S3. The van der Waals surface area contributed by atoms with E-state index in [1.165, 1.54) is 5.38 Å². The Morgan fingerprint density at radius 3 is 2.36 bits per heavy atom. The Morgan fingerprint density at radius 2 is 1.82 bits per heavy atom. The third kappa shape index (κ3) is 5.83. The molecule has 182 valence electrons. The molecule has 1 aliphatic rings. The highest BCUT2D eigenvalue weighted by atomic mass is 32.2. The van der Waals surface area contributed by atoms with E-state index in [1.807, 2.05) is 33.8 Å². The van der Waals surface area contributed by atoms with Crippen molar-refractivity contribution in [3.63, 3.8) is 0 Å². The van der Waals surface area contributed by atoms with Crippen molar-refractivity contribution in [3.05, 3.63) is 28.5 Å². The minimum Gasteiger partial charge on any atom is -0.504 e. The number of nitrogens with zero attached hydrogens (tertiary/aromatic N) is 2. The van der Waals surface area contributed by atoms with Gasteiger partial charge in [0.05, 0.1) is 11.7 Å². The first-order valence-corrected chi connectivity index (χ1v) is 13.7. The van der Waals surface area contributed by atoms with Crippen molar-refractivity contribution in [1.82, 2.24) is 10.0 Å². The Labute approximate surface area is 200 Å². The van der Waals surface area contributed by atoms with Gasteiger partial charge in [-0.15, -0.1) is 20.1 Å². The first-order chi connectivity index (χ1) is 15.2. The summed E-state index contributed by atoms with van der Waals surface area (Å²) in [6, 6.07) is 1.66. The number of anilines is 1. The van der Waals surface area contributed by atoms with Crippen molar-refractivity contribution >= 4 is 49.9 Å². The number of aromatic hydroxyl groups is 1. The maximum absolute atomic E-state index is 12.6. The van der Waals surface area contributed by atoms with Crippen LogP contribution >= 0.6 is 11.3 Å². The Hall–Kier alpha value is -2.22. The van der Waals surface area contributed by atoms with Gasteiger partial charge < -0.3 is 20.2 Å². The summed E-state index contributed by atoms with van der Waals surface area (Å²) in [6.45, 7) is 13.0. The quantitative estimate of drug-likeness (QED) is 0.460. The highest BCUT2D eigenvalue weighted by Crippen LogP contribution is 2.38. The summed E-state index contributed by atoms with van der Waals surface area (Å²) in [5.74, 6) is 1.51. The number of sulfonamides is 1. The minimum absolute atomic E-state index is 0.0997. The minimum atomic E-state index is -3.93. The second kappa shape index (κ2) is 9.20. The highest BCUT2D eigenvalue weighted by molar-refractivity contribution is 7.91. The number of hydrogen-bond acceptors (Lipinski definition) is 8. The largest absolute Gasteiger partial charge is 0.504 e. The fourth-order valence-electron chi connectivity index (χ4n) is 3.10. The van der Waals surface area contributed by atoms with Crippen LogP contribution in [0.25, 0.3) is 0 Å². The van der Waals surface area contributed by atoms with Gasteiger partial charge >= 0.3 is 0 Å². The van der Waals surface area contributed by atoms with Gasteiger partial charge in [0.25, 0.3) is 21.2 Å². The van der Waals surface area contributed by atoms with Crippen LogP contribution in [-0.2, 0) is 21.2 Å². The second-order valence-corrected chi connectivity index (χ2v) is 12.7. The maximum atomic E-state index is 12.6. The van der Waals surface area contributed by atoms with Gasteiger partial charge in [0.15, 0.2) is 21.6 Å². The first kappa shape index (κ1) is 25.4. The van der Waals surface area contributed by atoms with Gasteiger partial charge in [0, 0.05) is 10.9 Å². The summed E-state index contributed by atoms with van der Waals surface area (Å²) >= 11 is -1.00. The Morgan fingerprint density at radius 1 is 1.18 bits per heavy atom. The molecule has 3 rings (SSSR count). The topological polar surface area (TPSA) is 145 Å². The lowest BCUT2D eigenvalue weighted by Gasteiger charge is -2.22. The summed E-state index contributed by atoms with van der Waals surface area (Å²) in [5, 5.41) is 18.1. The Bertz CT molecular complexity index is 1220. The first-order valence-electron chi connectivity index (χ1n) is 10.2. The van der Waals surface area contributed by atoms with Crippen molar-refractivity contribution in [1.29, 1.82) is 0 Å².